The summed E-state index contributed by atoms with van der Waals surface area (Å²) in [6.07, 6.45) is 2.97. The molecule has 11 heteroatoms. The molecule has 0 spiro atoms. The molecule has 0 N–H and O–H groups in total. The molecule has 0 heterocycles. The number of carbonyl (C=O) groups is 2. The molecule has 0 aliphatic heterocycles. The van der Waals surface area contributed by atoms with E-state index >= 15 is 0 Å². The molecule has 4 bridgehead atoms. The zero-order chi connectivity index (χ0) is 25.0. The Morgan fingerprint density at radius 1 is 0.727 bits per heavy atom. The van der Waals surface area contributed by atoms with Crippen LogP contribution in [0, 0.1) is 33.5 Å². The van der Waals surface area contributed by atoms with Crippen LogP contribution in [0.5, 0.6) is 0 Å². The summed E-state index contributed by atoms with van der Waals surface area (Å²) in [5.41, 5.74) is -3.89. The second kappa shape index (κ2) is 6.90. The Hall–Kier alpha value is -0.810. The molecule has 4 aliphatic rings. The van der Waals surface area contributed by atoms with Crippen molar-refractivity contribution >= 4 is 41.1 Å². The van der Waals surface area contributed by atoms with Gasteiger partial charge in [0.15, 0.2) is 29.5 Å². The van der Waals surface area contributed by atoms with Gasteiger partial charge in [-0.05, 0) is 48.3 Å². The predicted molar refractivity (Wildman–Crippen MR) is 123 cm³/mol. The van der Waals surface area contributed by atoms with Gasteiger partial charge in [0, 0.05) is 29.9 Å². The minimum atomic E-state index is -4.79. The summed E-state index contributed by atoms with van der Waals surface area (Å²) >= 11 is 0. The molecule has 4 unspecified atom stereocenters. The van der Waals surface area contributed by atoms with Crippen molar-refractivity contribution in [3.8, 4) is 0 Å². The van der Waals surface area contributed by atoms with Gasteiger partial charge in [-0.15, -0.1) is 0 Å². The van der Waals surface area contributed by atoms with Crippen LogP contribution in [0.4, 0.5) is 0 Å². The molecule has 4 rings (SSSR count). The minimum absolute atomic E-state index is 0.000267. The molecule has 4 fully saturated rings. The van der Waals surface area contributed by atoms with Crippen LogP contribution in [0.2, 0.25) is 0 Å². The number of ketones is 2. The van der Waals surface area contributed by atoms with Crippen LogP contribution < -0.4 is 0 Å². The van der Waals surface area contributed by atoms with E-state index < -0.39 is 66.6 Å². The van der Waals surface area contributed by atoms with Gasteiger partial charge in [-0.25, -0.2) is 25.3 Å². The van der Waals surface area contributed by atoms with E-state index in [1.807, 2.05) is 27.7 Å². The Morgan fingerprint density at radius 3 is 1.27 bits per heavy atom. The Kier molecular flexibility index (Phi) is 5.29. The largest absolute Gasteiger partial charge is 0.299 e. The number of hydrogen-bond donors (Lipinski definition) is 0. The molecule has 0 aromatic heterocycles. The number of fused-ring (bicyclic) bond motifs is 4. The van der Waals surface area contributed by atoms with Crippen LogP contribution in [0.3, 0.4) is 0 Å². The number of sulfone groups is 3. The van der Waals surface area contributed by atoms with Gasteiger partial charge < -0.3 is 0 Å². The molecule has 4 saturated carbocycles. The standard InChI is InChI=1S/C22H34O8S3/c1-19(2)14-6-8-21(19,16(23)10-14)12-32(27,28)18(31(5,25)26)33(29,30)13-22-9-7-15(11-17(22)24)20(22,3)4/h14-15,18H,6-13H2,1-5H3. The fourth-order valence-electron chi connectivity index (χ4n) is 7.80. The first kappa shape index (κ1) is 25.3. The van der Waals surface area contributed by atoms with Crippen LogP contribution in [0.15, 0.2) is 0 Å². The lowest BCUT2D eigenvalue weighted by Crippen LogP contribution is -2.51. The molecule has 8 nitrogen and oxygen atoms in total. The third-order valence-corrected chi connectivity index (χ3v) is 19.4. The lowest BCUT2D eigenvalue weighted by atomic mass is 9.70. The van der Waals surface area contributed by atoms with Crippen molar-refractivity contribution in [1.29, 1.82) is 0 Å². The Morgan fingerprint density at radius 2 is 1.06 bits per heavy atom. The quantitative estimate of drug-likeness (QED) is 0.495. The van der Waals surface area contributed by atoms with Crippen molar-refractivity contribution in [2.24, 2.45) is 33.5 Å². The molecular formula is C22H34O8S3. The van der Waals surface area contributed by atoms with Gasteiger partial charge in [0.2, 0.25) is 0 Å². The van der Waals surface area contributed by atoms with Crippen molar-refractivity contribution in [2.45, 2.75) is 70.1 Å². The summed E-state index contributed by atoms with van der Waals surface area (Å²) < 4.78 is 77.3. The third kappa shape index (κ3) is 3.20. The van der Waals surface area contributed by atoms with Crippen LogP contribution in [-0.4, -0.2) is 58.5 Å². The third-order valence-electron chi connectivity index (χ3n) is 10.1. The molecule has 0 amide bonds. The fourth-order valence-corrected chi connectivity index (χ4v) is 17.7. The maximum atomic E-state index is 13.6. The highest BCUT2D eigenvalue weighted by atomic mass is 32.3. The molecule has 33 heavy (non-hydrogen) atoms. The molecule has 0 radical (unpaired) electrons. The van der Waals surface area contributed by atoms with E-state index in [4.69, 9.17) is 0 Å². The Bertz CT molecular complexity index is 1160. The first-order valence-corrected chi connectivity index (χ1v) is 16.8. The summed E-state index contributed by atoms with van der Waals surface area (Å²) in [7, 11) is -14.2. The van der Waals surface area contributed by atoms with Crippen molar-refractivity contribution in [1.82, 2.24) is 0 Å². The lowest BCUT2D eigenvalue weighted by Gasteiger charge is -2.38. The topological polar surface area (TPSA) is 137 Å². The van der Waals surface area contributed by atoms with E-state index in [0.29, 0.717) is 31.9 Å². The van der Waals surface area contributed by atoms with Crippen LogP contribution in [0.1, 0.15) is 66.2 Å². The molecular weight excluding hydrogens is 488 g/mol. The smallest absolute Gasteiger partial charge is 0.262 e. The van der Waals surface area contributed by atoms with Gasteiger partial charge in [0.1, 0.15) is 11.6 Å². The van der Waals surface area contributed by atoms with Crippen molar-refractivity contribution in [3.05, 3.63) is 0 Å². The molecule has 0 aromatic carbocycles. The van der Waals surface area contributed by atoms with Gasteiger partial charge in [0.05, 0.1) is 11.5 Å². The number of carbonyl (C=O) groups excluding carboxylic acids is 2. The van der Waals surface area contributed by atoms with E-state index in [1.54, 1.807) is 0 Å². The van der Waals surface area contributed by atoms with E-state index in [0.717, 1.165) is 0 Å². The second-order valence-corrected chi connectivity index (χ2v) is 19.3. The average molecular weight is 523 g/mol. The van der Waals surface area contributed by atoms with Crippen LogP contribution in [-0.2, 0) is 39.1 Å². The van der Waals surface area contributed by atoms with E-state index in [1.165, 1.54) is 0 Å². The van der Waals surface area contributed by atoms with Crippen LogP contribution in [0.25, 0.3) is 0 Å². The summed E-state index contributed by atoms with van der Waals surface area (Å²) in [5.74, 6) is -2.07. The Labute approximate surface area is 197 Å². The van der Waals surface area contributed by atoms with Crippen LogP contribution >= 0.6 is 0 Å². The molecule has 0 saturated heterocycles. The van der Waals surface area contributed by atoms with E-state index in [2.05, 4.69) is 0 Å². The highest BCUT2D eigenvalue weighted by molar-refractivity contribution is 8.24. The van der Waals surface area contributed by atoms with Gasteiger partial charge in [-0.2, -0.15) is 0 Å². The van der Waals surface area contributed by atoms with Gasteiger partial charge in [0.25, 0.3) is 3.91 Å². The fraction of sp³-hybridized carbons (Fsp3) is 0.909. The van der Waals surface area contributed by atoms with E-state index in [9.17, 15) is 34.8 Å². The maximum Gasteiger partial charge on any atom is 0.262 e. The molecule has 4 atom stereocenters. The summed E-state index contributed by atoms with van der Waals surface area (Å²) in [5, 5.41) is 0. The predicted octanol–water partition coefficient (Wildman–Crippen LogP) is 1.93. The van der Waals surface area contributed by atoms with E-state index in [-0.39, 0.29) is 36.2 Å². The zero-order valence-electron chi connectivity index (χ0n) is 19.9. The van der Waals surface area contributed by atoms with Crippen molar-refractivity contribution < 1.29 is 34.8 Å². The summed E-state index contributed by atoms with van der Waals surface area (Å²) in [6, 6.07) is 0. The zero-order valence-corrected chi connectivity index (χ0v) is 22.3. The summed E-state index contributed by atoms with van der Waals surface area (Å²) in [4.78, 5) is 25.7. The molecule has 188 valence electrons. The monoisotopic (exact) mass is 522 g/mol. The SMILES string of the molecule is CC1(C)C2CCC1(CS(=O)(=O)C(S(C)(=O)=O)S(=O)(=O)CC13CCC(CC1=O)C3(C)C)C(=O)C2. The lowest BCUT2D eigenvalue weighted by molar-refractivity contribution is -0.128. The van der Waals surface area contributed by atoms with Crippen molar-refractivity contribution in [3.63, 3.8) is 0 Å². The maximum absolute atomic E-state index is 13.6. The van der Waals surface area contributed by atoms with Gasteiger partial charge >= 0.3 is 0 Å². The highest BCUT2D eigenvalue weighted by Crippen LogP contribution is 2.66. The van der Waals surface area contributed by atoms with Gasteiger partial charge in [-0.3, -0.25) is 9.59 Å². The van der Waals surface area contributed by atoms with Crippen molar-refractivity contribution in [2.75, 3.05) is 17.8 Å². The second-order valence-electron chi connectivity index (χ2n) is 12.1. The first-order valence-electron chi connectivity index (χ1n) is 11.4. The normalized spacial score (nSPS) is 38.2. The highest BCUT2D eigenvalue weighted by Gasteiger charge is 2.69. The molecule has 4 aliphatic carbocycles. The summed E-state index contributed by atoms with van der Waals surface area (Å²) in [6.45, 7) is 7.25. The minimum Gasteiger partial charge on any atom is -0.299 e. The number of hydrogen-bond acceptors (Lipinski definition) is 8. The molecule has 0 aromatic rings. The Balaban J connectivity index is 1.77. The van der Waals surface area contributed by atoms with Gasteiger partial charge in [-0.1, -0.05) is 27.7 Å². The average Bonchev–Trinajstić information content (AvgIpc) is 3.11. The number of Topliss-reactive ketones (excluding diaryl/α,β-unsaturated/α-hetero) is 2. The first-order chi connectivity index (χ1) is 14.7. The number of rotatable bonds is 7.